The van der Waals surface area contributed by atoms with Crippen LogP contribution in [0.25, 0.3) is 0 Å². The van der Waals surface area contributed by atoms with Gasteiger partial charge in [0.25, 0.3) is 0 Å². The highest BCUT2D eigenvalue weighted by atomic mass is 32.2. The highest BCUT2D eigenvalue weighted by molar-refractivity contribution is 7.89. The fourth-order valence-corrected chi connectivity index (χ4v) is 5.03. The first-order valence-corrected chi connectivity index (χ1v) is 11.4. The second-order valence-electron chi connectivity index (χ2n) is 7.55. The minimum absolute atomic E-state index is 0.0161. The van der Waals surface area contributed by atoms with Gasteiger partial charge in [-0.2, -0.15) is 4.31 Å². The SMILES string of the molecule is CCc1ccccc1NC(=O)CN(C)S(=O)(=O)c1ccc2c(c1)C[C@H](C)N2C(C)=O. The number of likely N-dealkylation sites (N-methyl/N-ethyl adjacent to an activating group) is 1. The monoisotopic (exact) mass is 429 g/mol. The number of para-hydroxylation sites is 1. The summed E-state index contributed by atoms with van der Waals surface area (Å²) >= 11 is 0. The van der Waals surface area contributed by atoms with Crippen molar-refractivity contribution in [2.24, 2.45) is 0 Å². The maximum absolute atomic E-state index is 13.0. The average molecular weight is 430 g/mol. The summed E-state index contributed by atoms with van der Waals surface area (Å²) in [6, 6.07) is 12.2. The Bertz CT molecular complexity index is 1080. The molecule has 0 fully saturated rings. The molecule has 0 aromatic heterocycles. The smallest absolute Gasteiger partial charge is 0.243 e. The quantitative estimate of drug-likeness (QED) is 0.765. The number of hydrogen-bond acceptors (Lipinski definition) is 4. The number of aryl methyl sites for hydroxylation is 1. The van der Waals surface area contributed by atoms with Crippen molar-refractivity contribution in [2.75, 3.05) is 23.8 Å². The van der Waals surface area contributed by atoms with E-state index < -0.39 is 15.9 Å². The predicted octanol–water partition coefficient (Wildman–Crippen LogP) is 2.81. The Labute approximate surface area is 177 Å². The molecule has 1 N–H and O–H groups in total. The van der Waals surface area contributed by atoms with E-state index in [4.69, 9.17) is 0 Å². The van der Waals surface area contributed by atoms with Gasteiger partial charge in [-0.3, -0.25) is 9.59 Å². The summed E-state index contributed by atoms with van der Waals surface area (Å²) in [6.07, 6.45) is 1.35. The van der Waals surface area contributed by atoms with Gasteiger partial charge >= 0.3 is 0 Å². The first kappa shape index (κ1) is 22.0. The summed E-state index contributed by atoms with van der Waals surface area (Å²) < 4.78 is 27.1. The van der Waals surface area contributed by atoms with Gasteiger partial charge in [-0.1, -0.05) is 25.1 Å². The van der Waals surface area contributed by atoms with E-state index >= 15 is 0 Å². The van der Waals surface area contributed by atoms with Gasteiger partial charge in [0.1, 0.15) is 0 Å². The molecular weight excluding hydrogens is 402 g/mol. The zero-order valence-electron chi connectivity index (χ0n) is 17.7. The Morgan fingerprint density at radius 2 is 1.90 bits per heavy atom. The first-order valence-electron chi connectivity index (χ1n) is 9.92. The standard InChI is InChI=1S/C22H27N3O4S/c1-5-17-8-6-7-9-20(17)23-22(27)14-24(4)30(28,29)19-10-11-21-18(13-19)12-15(2)25(21)16(3)26/h6-11,13,15H,5,12,14H2,1-4H3,(H,23,27)/t15-/m0/s1. The lowest BCUT2D eigenvalue weighted by Crippen LogP contribution is -2.35. The van der Waals surface area contributed by atoms with Crippen molar-refractivity contribution in [2.45, 2.75) is 44.6 Å². The highest BCUT2D eigenvalue weighted by Crippen LogP contribution is 2.34. The molecule has 0 unspecified atom stereocenters. The minimum Gasteiger partial charge on any atom is -0.325 e. The van der Waals surface area contributed by atoms with E-state index in [1.54, 1.807) is 23.1 Å². The Balaban J connectivity index is 1.76. The Hall–Kier alpha value is -2.71. The number of carbonyl (C=O) groups is 2. The molecule has 2 aromatic carbocycles. The number of rotatable bonds is 6. The van der Waals surface area contributed by atoms with E-state index in [1.165, 1.54) is 20.0 Å². The van der Waals surface area contributed by atoms with E-state index in [0.717, 1.165) is 27.5 Å². The third-order valence-corrected chi connectivity index (χ3v) is 7.15. The molecule has 0 saturated heterocycles. The zero-order chi connectivity index (χ0) is 22.1. The molecule has 3 rings (SSSR count). The van der Waals surface area contributed by atoms with Gasteiger partial charge in [0, 0.05) is 31.4 Å². The van der Waals surface area contributed by atoms with Crippen molar-refractivity contribution in [3.8, 4) is 0 Å². The Kier molecular flexibility index (Phi) is 6.28. The number of hydrogen-bond donors (Lipinski definition) is 1. The van der Waals surface area contributed by atoms with Crippen molar-refractivity contribution >= 4 is 33.2 Å². The highest BCUT2D eigenvalue weighted by Gasteiger charge is 2.31. The average Bonchev–Trinajstić information content (AvgIpc) is 3.03. The summed E-state index contributed by atoms with van der Waals surface area (Å²) in [5, 5.41) is 2.79. The van der Waals surface area contributed by atoms with Crippen LogP contribution in [-0.4, -0.2) is 44.2 Å². The summed E-state index contributed by atoms with van der Waals surface area (Å²) in [6.45, 7) is 5.12. The number of carbonyl (C=O) groups excluding carboxylic acids is 2. The van der Waals surface area contributed by atoms with Crippen LogP contribution >= 0.6 is 0 Å². The van der Waals surface area contributed by atoms with Gasteiger partial charge in [-0.15, -0.1) is 0 Å². The van der Waals surface area contributed by atoms with Gasteiger partial charge in [0.05, 0.1) is 11.4 Å². The fourth-order valence-electron chi connectivity index (χ4n) is 3.86. The van der Waals surface area contributed by atoms with Crippen molar-refractivity contribution < 1.29 is 18.0 Å². The molecule has 1 atom stereocenters. The van der Waals surface area contributed by atoms with Gasteiger partial charge in [-0.05, 0) is 55.2 Å². The maximum Gasteiger partial charge on any atom is 0.243 e. The van der Waals surface area contributed by atoms with Crippen LogP contribution in [0.1, 0.15) is 31.9 Å². The van der Waals surface area contributed by atoms with Crippen LogP contribution in [0, 0.1) is 0 Å². The van der Waals surface area contributed by atoms with Crippen molar-refractivity contribution in [3.63, 3.8) is 0 Å². The number of nitrogens with one attached hydrogen (secondary N) is 1. The van der Waals surface area contributed by atoms with E-state index in [9.17, 15) is 18.0 Å². The van der Waals surface area contributed by atoms with Crippen LogP contribution in [0.5, 0.6) is 0 Å². The molecule has 0 radical (unpaired) electrons. The summed E-state index contributed by atoms with van der Waals surface area (Å²) in [4.78, 5) is 26.1. The van der Waals surface area contributed by atoms with Gasteiger partial charge in [-0.25, -0.2) is 8.42 Å². The molecule has 160 valence electrons. The normalized spacial score (nSPS) is 15.9. The molecule has 0 saturated carbocycles. The van der Waals surface area contributed by atoms with Crippen LogP contribution < -0.4 is 10.2 Å². The topological polar surface area (TPSA) is 86.8 Å². The van der Waals surface area contributed by atoms with E-state index in [2.05, 4.69) is 5.32 Å². The molecular formula is C22H27N3O4S. The van der Waals surface area contributed by atoms with Crippen LogP contribution in [0.3, 0.4) is 0 Å². The fraction of sp³-hybridized carbons (Fsp3) is 0.364. The number of sulfonamides is 1. The number of nitrogens with zero attached hydrogens (tertiary/aromatic N) is 2. The Morgan fingerprint density at radius 1 is 1.20 bits per heavy atom. The molecule has 1 aliphatic rings. The molecule has 2 amide bonds. The third kappa shape index (κ3) is 4.24. The Morgan fingerprint density at radius 3 is 2.57 bits per heavy atom. The first-order chi connectivity index (χ1) is 14.1. The summed E-state index contributed by atoms with van der Waals surface area (Å²) in [7, 11) is -2.46. The molecule has 0 spiro atoms. The van der Waals surface area contributed by atoms with Gasteiger partial charge < -0.3 is 10.2 Å². The zero-order valence-corrected chi connectivity index (χ0v) is 18.5. The molecule has 2 aromatic rings. The molecule has 30 heavy (non-hydrogen) atoms. The second-order valence-corrected chi connectivity index (χ2v) is 9.60. The largest absolute Gasteiger partial charge is 0.325 e. The van der Waals surface area contributed by atoms with Crippen LogP contribution in [-0.2, 0) is 32.5 Å². The molecule has 8 heteroatoms. The molecule has 0 bridgehead atoms. The van der Waals surface area contributed by atoms with Crippen LogP contribution in [0.4, 0.5) is 11.4 Å². The number of fused-ring (bicyclic) bond motifs is 1. The van der Waals surface area contributed by atoms with E-state index in [1.807, 2.05) is 32.0 Å². The van der Waals surface area contributed by atoms with E-state index in [0.29, 0.717) is 12.1 Å². The lowest BCUT2D eigenvalue weighted by atomic mass is 10.1. The van der Waals surface area contributed by atoms with Crippen molar-refractivity contribution in [3.05, 3.63) is 53.6 Å². The maximum atomic E-state index is 13.0. The van der Waals surface area contributed by atoms with E-state index in [-0.39, 0.29) is 23.4 Å². The van der Waals surface area contributed by atoms with Crippen LogP contribution in [0.2, 0.25) is 0 Å². The number of anilines is 2. The second kappa shape index (κ2) is 8.57. The predicted molar refractivity (Wildman–Crippen MR) is 117 cm³/mol. The number of amides is 2. The summed E-state index contributed by atoms with van der Waals surface area (Å²) in [5.74, 6) is -0.475. The van der Waals surface area contributed by atoms with Gasteiger partial charge in [0.2, 0.25) is 21.8 Å². The van der Waals surface area contributed by atoms with Gasteiger partial charge in [0.15, 0.2) is 0 Å². The molecule has 1 aliphatic heterocycles. The molecule has 1 heterocycles. The van der Waals surface area contributed by atoms with Crippen molar-refractivity contribution in [1.29, 1.82) is 0 Å². The van der Waals surface area contributed by atoms with Crippen LogP contribution in [0.15, 0.2) is 47.4 Å². The summed E-state index contributed by atoms with van der Waals surface area (Å²) in [5.41, 5.74) is 3.23. The number of benzene rings is 2. The molecule has 0 aliphatic carbocycles. The van der Waals surface area contributed by atoms with Crippen molar-refractivity contribution in [1.82, 2.24) is 4.31 Å². The molecule has 7 nitrogen and oxygen atoms in total. The lowest BCUT2D eigenvalue weighted by Gasteiger charge is -2.21. The third-order valence-electron chi connectivity index (χ3n) is 5.35. The lowest BCUT2D eigenvalue weighted by molar-refractivity contribution is -0.117. The minimum atomic E-state index is -3.85.